The standard InChI is InChI=1S/C20H25N5O2/c1-2-16-10-14(5-8-22-16)15-11-18(20(27)23-12-15)24-17-6-9-25(13-17)19(26)4-3-7-21/h3-5,8,10-12,17,24H,2,6-7,9,13,21H2,1H3,(H,23,27)/b4-3+/t17-/m1/s1. The third kappa shape index (κ3) is 4.62. The predicted molar refractivity (Wildman–Crippen MR) is 106 cm³/mol. The van der Waals surface area contributed by atoms with Crippen molar-refractivity contribution >= 4 is 11.6 Å². The van der Waals surface area contributed by atoms with Gasteiger partial charge in [-0.15, -0.1) is 0 Å². The fraction of sp³-hybridized carbons (Fsp3) is 0.350. The summed E-state index contributed by atoms with van der Waals surface area (Å²) in [5.74, 6) is -0.0451. The van der Waals surface area contributed by atoms with Crippen LogP contribution in [0.25, 0.3) is 11.1 Å². The van der Waals surface area contributed by atoms with E-state index in [2.05, 4.69) is 22.2 Å². The molecule has 7 nitrogen and oxygen atoms in total. The summed E-state index contributed by atoms with van der Waals surface area (Å²) in [5, 5.41) is 3.29. The molecule has 3 heterocycles. The van der Waals surface area contributed by atoms with Gasteiger partial charge in [-0.1, -0.05) is 13.0 Å². The van der Waals surface area contributed by atoms with Crippen molar-refractivity contribution in [3.8, 4) is 11.1 Å². The van der Waals surface area contributed by atoms with Gasteiger partial charge in [0, 0.05) is 55.4 Å². The number of H-pyrrole nitrogens is 1. The predicted octanol–water partition coefficient (Wildman–Crippen LogP) is 1.53. The third-order valence-corrected chi connectivity index (χ3v) is 4.67. The lowest BCUT2D eigenvalue weighted by molar-refractivity contribution is -0.125. The third-order valence-electron chi connectivity index (χ3n) is 4.67. The van der Waals surface area contributed by atoms with Crippen molar-refractivity contribution in [3.05, 3.63) is 58.8 Å². The molecule has 0 bridgehead atoms. The van der Waals surface area contributed by atoms with Gasteiger partial charge < -0.3 is 20.9 Å². The smallest absolute Gasteiger partial charge is 0.271 e. The van der Waals surface area contributed by atoms with Crippen LogP contribution >= 0.6 is 0 Å². The van der Waals surface area contributed by atoms with Gasteiger partial charge in [0.05, 0.1) is 0 Å². The average Bonchev–Trinajstić information content (AvgIpc) is 3.16. The van der Waals surface area contributed by atoms with E-state index in [0.29, 0.717) is 25.3 Å². The van der Waals surface area contributed by atoms with Gasteiger partial charge >= 0.3 is 0 Å². The van der Waals surface area contributed by atoms with Crippen LogP contribution in [0.5, 0.6) is 0 Å². The topological polar surface area (TPSA) is 104 Å². The van der Waals surface area contributed by atoms with Crippen LogP contribution in [-0.4, -0.2) is 46.5 Å². The van der Waals surface area contributed by atoms with Crippen molar-refractivity contribution in [2.45, 2.75) is 25.8 Å². The molecule has 0 radical (unpaired) electrons. The molecule has 1 aliphatic heterocycles. The number of nitrogens with two attached hydrogens (primary N) is 1. The quantitative estimate of drug-likeness (QED) is 0.672. The molecule has 0 saturated carbocycles. The first kappa shape index (κ1) is 18.8. The van der Waals surface area contributed by atoms with E-state index in [4.69, 9.17) is 5.73 Å². The van der Waals surface area contributed by atoms with Gasteiger partial charge in [0.15, 0.2) is 0 Å². The number of pyridine rings is 2. The fourth-order valence-electron chi connectivity index (χ4n) is 3.18. The SMILES string of the molecule is CCc1cc(-c2c[nH]c(=O)c(N[C@@H]3CCN(C(=O)/C=C/CN)C3)c2)ccn1. The number of aromatic nitrogens is 2. The second-order valence-electron chi connectivity index (χ2n) is 6.57. The Kier molecular flexibility index (Phi) is 6.03. The van der Waals surface area contributed by atoms with Gasteiger partial charge in [0.1, 0.15) is 5.69 Å². The van der Waals surface area contributed by atoms with Gasteiger partial charge in [-0.25, -0.2) is 0 Å². The van der Waals surface area contributed by atoms with E-state index in [-0.39, 0.29) is 17.5 Å². The number of aromatic amines is 1. The first-order valence-electron chi connectivity index (χ1n) is 9.20. The van der Waals surface area contributed by atoms with Gasteiger partial charge in [0.2, 0.25) is 5.91 Å². The van der Waals surface area contributed by atoms with Crippen LogP contribution < -0.4 is 16.6 Å². The van der Waals surface area contributed by atoms with E-state index in [1.54, 1.807) is 23.4 Å². The van der Waals surface area contributed by atoms with Crippen LogP contribution in [-0.2, 0) is 11.2 Å². The molecule has 3 rings (SSSR count). The Bertz CT molecular complexity index is 890. The lowest BCUT2D eigenvalue weighted by Gasteiger charge is -2.16. The number of carbonyl (C=O) groups is 1. The summed E-state index contributed by atoms with van der Waals surface area (Å²) < 4.78 is 0. The normalized spacial score (nSPS) is 16.8. The average molecular weight is 367 g/mol. The number of hydrogen-bond acceptors (Lipinski definition) is 5. The van der Waals surface area contributed by atoms with Crippen LogP contribution in [0, 0.1) is 0 Å². The Hall–Kier alpha value is -2.93. The molecular formula is C20H25N5O2. The molecule has 7 heteroatoms. The highest BCUT2D eigenvalue weighted by Gasteiger charge is 2.25. The summed E-state index contributed by atoms with van der Waals surface area (Å²) in [5.41, 5.74) is 8.67. The minimum Gasteiger partial charge on any atom is -0.376 e. The van der Waals surface area contributed by atoms with Gasteiger partial charge in [-0.2, -0.15) is 0 Å². The van der Waals surface area contributed by atoms with Crippen molar-refractivity contribution in [2.24, 2.45) is 5.73 Å². The summed E-state index contributed by atoms with van der Waals surface area (Å²) in [6, 6.07) is 5.85. The number of rotatable bonds is 6. The summed E-state index contributed by atoms with van der Waals surface area (Å²) in [4.78, 5) is 33.2. The molecule has 0 spiro atoms. The number of nitrogens with one attached hydrogen (secondary N) is 2. The molecule has 1 aliphatic rings. The minimum absolute atomic E-state index is 0.0419. The van der Waals surface area contributed by atoms with Crippen molar-refractivity contribution in [1.29, 1.82) is 0 Å². The molecule has 1 amide bonds. The molecule has 1 atom stereocenters. The molecule has 0 unspecified atom stereocenters. The van der Waals surface area contributed by atoms with Gasteiger partial charge in [-0.3, -0.25) is 14.6 Å². The molecule has 0 aromatic carbocycles. The van der Waals surface area contributed by atoms with Crippen LogP contribution in [0.2, 0.25) is 0 Å². The molecule has 2 aromatic rings. The Labute approximate surface area is 158 Å². The number of amides is 1. The van der Waals surface area contributed by atoms with Crippen LogP contribution in [0.15, 0.2) is 47.5 Å². The van der Waals surface area contributed by atoms with Gasteiger partial charge in [0.25, 0.3) is 5.56 Å². The number of aryl methyl sites for hydroxylation is 1. The first-order valence-corrected chi connectivity index (χ1v) is 9.20. The summed E-state index contributed by atoms with van der Waals surface area (Å²) in [6.45, 7) is 3.62. The van der Waals surface area contributed by atoms with E-state index in [9.17, 15) is 9.59 Å². The van der Waals surface area contributed by atoms with Crippen LogP contribution in [0.4, 0.5) is 5.69 Å². The Morgan fingerprint density at radius 1 is 1.44 bits per heavy atom. The Balaban J connectivity index is 1.73. The highest BCUT2D eigenvalue weighted by molar-refractivity contribution is 5.87. The van der Waals surface area contributed by atoms with Crippen molar-refractivity contribution in [1.82, 2.24) is 14.9 Å². The molecule has 142 valence electrons. The Morgan fingerprint density at radius 3 is 3.07 bits per heavy atom. The van der Waals surface area contributed by atoms with Crippen LogP contribution in [0.3, 0.4) is 0 Å². The number of hydrogen-bond donors (Lipinski definition) is 3. The molecule has 1 fully saturated rings. The highest BCUT2D eigenvalue weighted by atomic mass is 16.2. The van der Waals surface area contributed by atoms with Crippen molar-refractivity contribution in [3.63, 3.8) is 0 Å². The maximum absolute atomic E-state index is 12.2. The second-order valence-corrected chi connectivity index (χ2v) is 6.57. The largest absolute Gasteiger partial charge is 0.376 e. The lowest BCUT2D eigenvalue weighted by Crippen LogP contribution is -2.31. The fourth-order valence-corrected chi connectivity index (χ4v) is 3.18. The number of carbonyl (C=O) groups excluding carboxylic acids is 1. The second kappa shape index (κ2) is 8.64. The number of anilines is 1. The van der Waals surface area contributed by atoms with Crippen LogP contribution in [0.1, 0.15) is 19.0 Å². The molecule has 27 heavy (non-hydrogen) atoms. The maximum Gasteiger partial charge on any atom is 0.271 e. The van der Waals surface area contributed by atoms with Gasteiger partial charge in [-0.05, 0) is 36.6 Å². The van der Waals surface area contributed by atoms with Crippen molar-refractivity contribution in [2.75, 3.05) is 25.0 Å². The van der Waals surface area contributed by atoms with E-state index < -0.39 is 0 Å². The summed E-state index contributed by atoms with van der Waals surface area (Å²) >= 11 is 0. The lowest BCUT2D eigenvalue weighted by atomic mass is 10.1. The van der Waals surface area contributed by atoms with E-state index in [0.717, 1.165) is 29.7 Å². The zero-order valence-electron chi connectivity index (χ0n) is 15.4. The minimum atomic E-state index is -0.170. The highest BCUT2D eigenvalue weighted by Crippen LogP contribution is 2.22. The monoisotopic (exact) mass is 367 g/mol. The number of nitrogens with zero attached hydrogens (tertiary/aromatic N) is 2. The molecule has 1 saturated heterocycles. The summed E-state index contributed by atoms with van der Waals surface area (Å²) in [7, 11) is 0. The molecular weight excluding hydrogens is 342 g/mol. The van der Waals surface area contributed by atoms with E-state index in [1.807, 2.05) is 18.2 Å². The van der Waals surface area contributed by atoms with E-state index >= 15 is 0 Å². The zero-order valence-corrected chi connectivity index (χ0v) is 15.4. The van der Waals surface area contributed by atoms with E-state index in [1.165, 1.54) is 6.08 Å². The first-order chi connectivity index (χ1) is 13.1. The Morgan fingerprint density at radius 2 is 2.30 bits per heavy atom. The molecule has 4 N–H and O–H groups in total. The zero-order chi connectivity index (χ0) is 19.2. The summed E-state index contributed by atoms with van der Waals surface area (Å²) in [6.07, 6.45) is 8.29. The van der Waals surface area contributed by atoms with Crippen molar-refractivity contribution < 1.29 is 4.79 Å². The number of likely N-dealkylation sites (tertiary alicyclic amines) is 1. The maximum atomic E-state index is 12.2. The molecule has 0 aliphatic carbocycles. The molecule has 2 aromatic heterocycles.